The van der Waals surface area contributed by atoms with Gasteiger partial charge in [0.1, 0.15) is 11.5 Å². The van der Waals surface area contributed by atoms with E-state index < -0.39 is 0 Å². The molecular formula is C14H14N2O2. The SMILES string of the molecule is CC(=O)Nc1cccc(Oc2cccc(N)c2)c1. The average Bonchev–Trinajstić information content (AvgIpc) is 2.28. The molecule has 0 heterocycles. The molecule has 0 radical (unpaired) electrons. The van der Waals surface area contributed by atoms with Crippen molar-refractivity contribution in [3.63, 3.8) is 0 Å². The van der Waals surface area contributed by atoms with Crippen LogP contribution < -0.4 is 15.8 Å². The van der Waals surface area contributed by atoms with Crippen molar-refractivity contribution < 1.29 is 9.53 Å². The Morgan fingerprint density at radius 1 is 1.11 bits per heavy atom. The van der Waals surface area contributed by atoms with Gasteiger partial charge < -0.3 is 15.8 Å². The molecule has 0 fully saturated rings. The maximum atomic E-state index is 11.0. The molecule has 0 atom stereocenters. The Morgan fingerprint density at radius 3 is 2.44 bits per heavy atom. The van der Waals surface area contributed by atoms with E-state index in [2.05, 4.69) is 5.32 Å². The van der Waals surface area contributed by atoms with Crippen molar-refractivity contribution in [2.75, 3.05) is 11.1 Å². The van der Waals surface area contributed by atoms with E-state index in [1.807, 2.05) is 24.3 Å². The lowest BCUT2D eigenvalue weighted by Gasteiger charge is -2.08. The average molecular weight is 242 g/mol. The summed E-state index contributed by atoms with van der Waals surface area (Å²) in [5.41, 5.74) is 7.01. The van der Waals surface area contributed by atoms with Crippen molar-refractivity contribution in [2.24, 2.45) is 0 Å². The van der Waals surface area contributed by atoms with E-state index in [1.54, 1.807) is 24.3 Å². The highest BCUT2D eigenvalue weighted by atomic mass is 16.5. The van der Waals surface area contributed by atoms with Crippen LogP contribution in [0.3, 0.4) is 0 Å². The fraction of sp³-hybridized carbons (Fsp3) is 0.0714. The van der Waals surface area contributed by atoms with E-state index in [4.69, 9.17) is 10.5 Å². The highest BCUT2D eigenvalue weighted by molar-refractivity contribution is 5.88. The molecule has 18 heavy (non-hydrogen) atoms. The quantitative estimate of drug-likeness (QED) is 0.813. The van der Waals surface area contributed by atoms with Crippen LogP contribution in [0.2, 0.25) is 0 Å². The summed E-state index contributed by atoms with van der Waals surface area (Å²) in [6, 6.07) is 14.4. The molecule has 0 aromatic heterocycles. The minimum absolute atomic E-state index is 0.115. The lowest BCUT2D eigenvalue weighted by Crippen LogP contribution is -2.05. The first-order valence-corrected chi connectivity index (χ1v) is 5.54. The number of benzene rings is 2. The van der Waals surface area contributed by atoms with Gasteiger partial charge >= 0.3 is 0 Å². The molecule has 3 N–H and O–H groups in total. The standard InChI is InChI=1S/C14H14N2O2/c1-10(17)16-12-5-3-7-14(9-12)18-13-6-2-4-11(15)8-13/h2-9H,15H2,1H3,(H,16,17). The molecule has 0 spiro atoms. The Bertz CT molecular complexity index is 567. The van der Waals surface area contributed by atoms with Gasteiger partial charge in [-0.2, -0.15) is 0 Å². The number of amides is 1. The number of carbonyl (C=O) groups is 1. The fourth-order valence-corrected chi connectivity index (χ4v) is 1.55. The Hall–Kier alpha value is -2.49. The van der Waals surface area contributed by atoms with Crippen molar-refractivity contribution in [2.45, 2.75) is 6.92 Å². The molecule has 0 bridgehead atoms. The molecule has 0 aliphatic heterocycles. The van der Waals surface area contributed by atoms with Crippen molar-refractivity contribution in [3.05, 3.63) is 48.5 Å². The number of ether oxygens (including phenoxy) is 1. The van der Waals surface area contributed by atoms with Crippen LogP contribution in [0.1, 0.15) is 6.92 Å². The van der Waals surface area contributed by atoms with Crippen LogP contribution in [0.5, 0.6) is 11.5 Å². The van der Waals surface area contributed by atoms with Gasteiger partial charge in [0.15, 0.2) is 0 Å². The van der Waals surface area contributed by atoms with Crippen LogP contribution in [-0.2, 0) is 4.79 Å². The van der Waals surface area contributed by atoms with E-state index in [-0.39, 0.29) is 5.91 Å². The highest BCUT2D eigenvalue weighted by Crippen LogP contribution is 2.25. The Kier molecular flexibility index (Phi) is 3.48. The number of nitrogens with one attached hydrogen (secondary N) is 1. The van der Waals surface area contributed by atoms with Crippen LogP contribution >= 0.6 is 0 Å². The zero-order valence-corrected chi connectivity index (χ0v) is 10.0. The predicted molar refractivity (Wildman–Crippen MR) is 71.7 cm³/mol. The molecule has 4 heteroatoms. The third kappa shape index (κ3) is 3.25. The van der Waals surface area contributed by atoms with Gasteiger partial charge in [-0.05, 0) is 24.3 Å². The third-order valence-corrected chi connectivity index (χ3v) is 2.25. The molecule has 0 saturated heterocycles. The van der Waals surface area contributed by atoms with Gasteiger partial charge in [0.2, 0.25) is 5.91 Å². The molecule has 4 nitrogen and oxygen atoms in total. The van der Waals surface area contributed by atoms with Crippen LogP contribution in [0.4, 0.5) is 11.4 Å². The van der Waals surface area contributed by atoms with Gasteiger partial charge in [-0.15, -0.1) is 0 Å². The number of rotatable bonds is 3. The van der Waals surface area contributed by atoms with E-state index in [0.717, 1.165) is 0 Å². The van der Waals surface area contributed by atoms with E-state index in [9.17, 15) is 4.79 Å². The van der Waals surface area contributed by atoms with Crippen LogP contribution in [0.15, 0.2) is 48.5 Å². The molecule has 1 amide bonds. The molecule has 0 saturated carbocycles. The lowest BCUT2D eigenvalue weighted by molar-refractivity contribution is -0.114. The zero-order valence-electron chi connectivity index (χ0n) is 10.0. The normalized spacial score (nSPS) is 9.83. The second kappa shape index (κ2) is 5.23. The lowest BCUT2D eigenvalue weighted by atomic mass is 10.3. The van der Waals surface area contributed by atoms with Crippen molar-refractivity contribution in [1.29, 1.82) is 0 Å². The predicted octanol–water partition coefficient (Wildman–Crippen LogP) is 3.02. The smallest absolute Gasteiger partial charge is 0.221 e. The van der Waals surface area contributed by atoms with Crippen LogP contribution in [0.25, 0.3) is 0 Å². The third-order valence-electron chi connectivity index (χ3n) is 2.25. The van der Waals surface area contributed by atoms with Crippen molar-refractivity contribution in [1.82, 2.24) is 0 Å². The Labute approximate surface area is 105 Å². The summed E-state index contributed by atoms with van der Waals surface area (Å²) < 4.78 is 5.65. The van der Waals surface area contributed by atoms with Crippen LogP contribution in [0, 0.1) is 0 Å². The number of carbonyl (C=O) groups excluding carboxylic acids is 1. The molecule has 92 valence electrons. The second-order valence-electron chi connectivity index (χ2n) is 3.88. The van der Waals surface area contributed by atoms with Gasteiger partial charge in [-0.1, -0.05) is 12.1 Å². The summed E-state index contributed by atoms with van der Waals surface area (Å²) in [6.45, 7) is 1.46. The number of nitrogens with two attached hydrogens (primary N) is 1. The minimum Gasteiger partial charge on any atom is -0.457 e. The fourth-order valence-electron chi connectivity index (χ4n) is 1.55. The Morgan fingerprint density at radius 2 is 1.78 bits per heavy atom. The van der Waals surface area contributed by atoms with Crippen molar-refractivity contribution >= 4 is 17.3 Å². The van der Waals surface area contributed by atoms with Gasteiger partial charge in [-0.25, -0.2) is 0 Å². The molecule has 0 aliphatic carbocycles. The maximum Gasteiger partial charge on any atom is 0.221 e. The van der Waals surface area contributed by atoms with Gasteiger partial charge in [0, 0.05) is 30.4 Å². The molecule has 2 aromatic carbocycles. The summed E-state index contributed by atoms with van der Waals surface area (Å²) >= 11 is 0. The second-order valence-corrected chi connectivity index (χ2v) is 3.88. The summed E-state index contributed by atoms with van der Waals surface area (Å²) in [6.07, 6.45) is 0. The first-order valence-electron chi connectivity index (χ1n) is 5.54. The molecular weight excluding hydrogens is 228 g/mol. The van der Waals surface area contributed by atoms with Gasteiger partial charge in [0.05, 0.1) is 0 Å². The molecule has 0 unspecified atom stereocenters. The largest absolute Gasteiger partial charge is 0.457 e. The Balaban J connectivity index is 2.16. The highest BCUT2D eigenvalue weighted by Gasteiger charge is 2.00. The molecule has 2 aromatic rings. The van der Waals surface area contributed by atoms with E-state index >= 15 is 0 Å². The number of hydrogen-bond acceptors (Lipinski definition) is 3. The number of hydrogen-bond donors (Lipinski definition) is 2. The van der Waals surface area contributed by atoms with Crippen molar-refractivity contribution in [3.8, 4) is 11.5 Å². The monoisotopic (exact) mass is 242 g/mol. The van der Waals surface area contributed by atoms with Gasteiger partial charge in [-0.3, -0.25) is 4.79 Å². The molecule has 0 aliphatic rings. The molecule has 2 rings (SSSR count). The summed E-state index contributed by atoms with van der Waals surface area (Å²) in [5, 5.41) is 2.70. The first kappa shape index (κ1) is 12.0. The summed E-state index contributed by atoms with van der Waals surface area (Å²) in [4.78, 5) is 11.0. The van der Waals surface area contributed by atoms with E-state index in [0.29, 0.717) is 22.9 Å². The topological polar surface area (TPSA) is 64.3 Å². The zero-order chi connectivity index (χ0) is 13.0. The number of anilines is 2. The maximum absolute atomic E-state index is 11.0. The summed E-state index contributed by atoms with van der Waals surface area (Å²) in [7, 11) is 0. The minimum atomic E-state index is -0.115. The first-order chi connectivity index (χ1) is 8.63. The summed E-state index contributed by atoms with van der Waals surface area (Å²) in [5.74, 6) is 1.19. The van der Waals surface area contributed by atoms with Crippen LogP contribution in [-0.4, -0.2) is 5.91 Å². The van der Waals surface area contributed by atoms with Gasteiger partial charge in [0.25, 0.3) is 0 Å². The van der Waals surface area contributed by atoms with E-state index in [1.165, 1.54) is 6.92 Å². The number of nitrogen functional groups attached to an aromatic ring is 1.